The molecular formula is C42H63N6O12P. The summed E-state index contributed by atoms with van der Waals surface area (Å²) in [4.78, 5) is 80.7. The van der Waals surface area contributed by atoms with Gasteiger partial charge in [-0.1, -0.05) is 43.7 Å². The van der Waals surface area contributed by atoms with Crippen molar-refractivity contribution in [1.82, 2.24) is 25.1 Å². The minimum Gasteiger partial charge on any atom is -0.463 e. The van der Waals surface area contributed by atoms with Crippen molar-refractivity contribution in [3.05, 3.63) is 42.1 Å². The van der Waals surface area contributed by atoms with Gasteiger partial charge in [0, 0.05) is 58.0 Å². The molecule has 3 heterocycles. The number of hydrogen-bond acceptors (Lipinski definition) is 15. The Bertz CT molecular complexity index is 1810. The molecular weight excluding hydrogens is 811 g/mol. The Labute approximate surface area is 358 Å². The Morgan fingerprint density at radius 3 is 1.93 bits per heavy atom. The highest BCUT2D eigenvalue weighted by Crippen LogP contribution is 2.49. The van der Waals surface area contributed by atoms with Gasteiger partial charge in [0.1, 0.15) is 30.8 Å². The van der Waals surface area contributed by atoms with Gasteiger partial charge in [0.05, 0.1) is 42.9 Å². The van der Waals surface area contributed by atoms with E-state index in [-0.39, 0.29) is 76.8 Å². The predicted molar refractivity (Wildman–Crippen MR) is 226 cm³/mol. The van der Waals surface area contributed by atoms with Crippen LogP contribution in [-0.4, -0.2) is 147 Å². The highest BCUT2D eigenvalue weighted by Gasteiger charge is 2.39. The molecule has 19 heteroatoms. The fourth-order valence-electron chi connectivity index (χ4n) is 6.12. The summed E-state index contributed by atoms with van der Waals surface area (Å²) in [7, 11) is -2.71. The molecule has 2 aliphatic rings. The van der Waals surface area contributed by atoms with Gasteiger partial charge in [-0.2, -0.15) is 0 Å². The number of unbranched alkanes of at least 4 members (excludes halogenated alkanes) is 1. The lowest BCUT2D eigenvalue weighted by Crippen LogP contribution is -2.57. The molecule has 2 fully saturated rings. The van der Waals surface area contributed by atoms with Gasteiger partial charge in [0.15, 0.2) is 5.82 Å². The molecule has 0 saturated carbocycles. The first-order chi connectivity index (χ1) is 28.8. The summed E-state index contributed by atoms with van der Waals surface area (Å²) in [6, 6.07) is 9.16. The number of aromatic nitrogens is 2. The number of anilines is 1. The predicted octanol–water partition coefficient (Wildman–Crippen LogP) is 4.95. The summed E-state index contributed by atoms with van der Waals surface area (Å²) in [6.07, 6.45) is 1.17. The number of carbonyl (C=O) groups is 5. The summed E-state index contributed by atoms with van der Waals surface area (Å²) >= 11 is 0. The van der Waals surface area contributed by atoms with Gasteiger partial charge in [0.25, 0.3) is 5.91 Å². The molecule has 2 aromatic rings. The summed E-state index contributed by atoms with van der Waals surface area (Å²) < 4.78 is 47.8. The van der Waals surface area contributed by atoms with Crippen LogP contribution in [0.15, 0.2) is 36.4 Å². The van der Waals surface area contributed by atoms with E-state index in [0.29, 0.717) is 24.5 Å². The first-order valence-corrected chi connectivity index (χ1v) is 22.5. The number of piperazine rings is 1. The lowest BCUT2D eigenvalue weighted by atomic mass is 9.97. The van der Waals surface area contributed by atoms with Crippen molar-refractivity contribution in [1.29, 1.82) is 0 Å². The largest absolute Gasteiger partial charge is 0.463 e. The number of rotatable bonds is 19. The SMILES string of the molecule is CCCCOC(=O)N1CCN(C(=O)C(CP(=O)(OCCOC(=O)C(C)(C)C)OCCOC(=O)C(C)(C)C)NC(=O)c2cc(N3CC[C@H](OC)C3)nc(-c3ccccc3)n2)CC1. The van der Waals surface area contributed by atoms with Crippen molar-refractivity contribution in [2.45, 2.75) is 79.9 Å². The van der Waals surface area contributed by atoms with E-state index in [2.05, 4.69) is 10.3 Å². The molecule has 61 heavy (non-hydrogen) atoms. The van der Waals surface area contributed by atoms with Crippen LogP contribution in [0.4, 0.5) is 10.6 Å². The quantitative estimate of drug-likeness (QED) is 0.0858. The Morgan fingerprint density at radius 2 is 1.39 bits per heavy atom. The van der Waals surface area contributed by atoms with Crippen LogP contribution in [0.3, 0.4) is 0 Å². The first kappa shape index (κ1) is 49.0. The summed E-state index contributed by atoms with van der Waals surface area (Å²) in [5, 5.41) is 2.76. The monoisotopic (exact) mass is 874 g/mol. The Kier molecular flexibility index (Phi) is 18.0. The van der Waals surface area contributed by atoms with E-state index in [1.165, 1.54) is 15.9 Å². The zero-order valence-corrected chi connectivity index (χ0v) is 37.7. The van der Waals surface area contributed by atoms with Gasteiger partial charge in [-0.05, 0) is 54.4 Å². The number of methoxy groups -OCH3 is 1. The van der Waals surface area contributed by atoms with E-state index in [1.807, 2.05) is 42.2 Å². The average Bonchev–Trinajstić information content (AvgIpc) is 3.73. The normalized spacial score (nSPS) is 16.5. The maximum Gasteiger partial charge on any atom is 0.409 e. The highest BCUT2D eigenvalue weighted by molar-refractivity contribution is 7.54. The van der Waals surface area contributed by atoms with Gasteiger partial charge >= 0.3 is 25.6 Å². The number of hydrogen-bond donors (Lipinski definition) is 1. The van der Waals surface area contributed by atoms with Crippen LogP contribution in [-0.2, 0) is 46.9 Å². The van der Waals surface area contributed by atoms with Crippen LogP contribution in [0.2, 0.25) is 0 Å². The Morgan fingerprint density at radius 1 is 0.803 bits per heavy atom. The molecule has 0 radical (unpaired) electrons. The zero-order chi connectivity index (χ0) is 44.8. The van der Waals surface area contributed by atoms with E-state index >= 15 is 0 Å². The maximum atomic E-state index is 14.6. The molecule has 338 valence electrons. The number of ether oxygens (including phenoxy) is 4. The number of carbonyl (C=O) groups excluding carboxylic acids is 5. The highest BCUT2D eigenvalue weighted by atomic mass is 31.2. The van der Waals surface area contributed by atoms with Gasteiger partial charge in [-0.15, -0.1) is 0 Å². The van der Waals surface area contributed by atoms with Gasteiger partial charge in [-0.3, -0.25) is 23.7 Å². The Hall–Kier alpha value is -4.64. The van der Waals surface area contributed by atoms with Gasteiger partial charge in [-0.25, -0.2) is 14.8 Å². The second-order valence-corrected chi connectivity index (χ2v) is 19.0. The molecule has 0 spiro atoms. The van der Waals surface area contributed by atoms with E-state index in [0.717, 1.165) is 19.3 Å². The van der Waals surface area contributed by atoms with Crippen molar-refractivity contribution in [3.63, 3.8) is 0 Å². The number of nitrogens with zero attached hydrogens (tertiary/aromatic N) is 5. The summed E-state index contributed by atoms with van der Waals surface area (Å²) in [5.74, 6) is -1.64. The Balaban J connectivity index is 1.64. The third-order valence-corrected chi connectivity index (χ3v) is 11.8. The van der Waals surface area contributed by atoms with Crippen molar-refractivity contribution in [2.75, 3.05) is 90.5 Å². The van der Waals surface area contributed by atoms with Crippen molar-refractivity contribution in [3.8, 4) is 11.4 Å². The maximum absolute atomic E-state index is 14.6. The fourth-order valence-corrected chi connectivity index (χ4v) is 7.81. The van der Waals surface area contributed by atoms with E-state index in [1.54, 1.807) is 48.7 Å². The molecule has 1 aromatic heterocycles. The van der Waals surface area contributed by atoms with E-state index < -0.39 is 60.5 Å². The molecule has 4 rings (SSSR count). The van der Waals surface area contributed by atoms with Crippen LogP contribution in [0, 0.1) is 10.8 Å². The molecule has 18 nitrogen and oxygen atoms in total. The minimum absolute atomic E-state index is 0.0313. The lowest BCUT2D eigenvalue weighted by Gasteiger charge is -2.36. The van der Waals surface area contributed by atoms with Crippen LogP contribution in [0.1, 0.15) is 78.2 Å². The molecule has 0 aliphatic carbocycles. The van der Waals surface area contributed by atoms with Crippen LogP contribution in [0.5, 0.6) is 0 Å². The third-order valence-electron chi connectivity index (χ3n) is 9.80. The molecule has 1 aromatic carbocycles. The molecule has 0 bridgehead atoms. The van der Waals surface area contributed by atoms with E-state index in [9.17, 15) is 28.5 Å². The molecule has 1 N–H and O–H groups in total. The topological polar surface area (TPSA) is 205 Å². The van der Waals surface area contributed by atoms with Crippen molar-refractivity contribution in [2.24, 2.45) is 10.8 Å². The smallest absolute Gasteiger partial charge is 0.409 e. The number of nitrogens with one attached hydrogen (secondary N) is 1. The molecule has 3 amide bonds. The average molecular weight is 875 g/mol. The summed E-state index contributed by atoms with van der Waals surface area (Å²) in [5.41, 5.74) is -1.01. The van der Waals surface area contributed by atoms with Gasteiger partial charge < -0.3 is 48.0 Å². The van der Waals surface area contributed by atoms with E-state index in [4.69, 9.17) is 33.0 Å². The van der Waals surface area contributed by atoms with Crippen LogP contribution >= 0.6 is 7.60 Å². The second-order valence-electron chi connectivity index (χ2n) is 16.9. The summed E-state index contributed by atoms with van der Waals surface area (Å²) in [6.45, 7) is 12.7. The number of amides is 3. The molecule has 2 atom stereocenters. The van der Waals surface area contributed by atoms with Gasteiger partial charge in [0.2, 0.25) is 5.91 Å². The molecule has 2 aliphatic heterocycles. The van der Waals surface area contributed by atoms with Crippen LogP contribution < -0.4 is 10.2 Å². The van der Waals surface area contributed by atoms with Crippen LogP contribution in [0.25, 0.3) is 11.4 Å². The first-order valence-electron chi connectivity index (χ1n) is 20.8. The lowest BCUT2D eigenvalue weighted by molar-refractivity contribution is -0.154. The molecule has 2 saturated heterocycles. The van der Waals surface area contributed by atoms with Crippen molar-refractivity contribution < 1.29 is 56.5 Å². The third kappa shape index (κ3) is 15.0. The molecule has 1 unspecified atom stereocenters. The number of esters is 2. The minimum atomic E-state index is -4.35. The van der Waals surface area contributed by atoms with Crippen molar-refractivity contribution >= 4 is 43.3 Å². The zero-order valence-electron chi connectivity index (χ0n) is 36.8. The number of benzene rings is 1. The standard InChI is InChI=1S/C42H63N6O12P/c1-9-10-22-58-40(53)47-20-18-46(19-21-47)37(50)33(29-61(54,59-25-23-56-38(51)41(2,3)4)60-26-24-57-39(52)42(5,6)7)44-36(49)32-27-34(48-17-16-31(28-48)55-8)45-35(43-32)30-14-12-11-13-15-30/h11-15,27,31,33H,9-10,16-26,28-29H2,1-8H3,(H,44,49)/t31-,33?/m0/s1. The fraction of sp³-hybridized carbons (Fsp3) is 0.643. The second kappa shape index (κ2) is 22.5.